The molecule has 0 spiro atoms. The summed E-state index contributed by atoms with van der Waals surface area (Å²) in [5.41, 5.74) is 0. The van der Waals surface area contributed by atoms with Crippen LogP contribution in [0.5, 0.6) is 5.75 Å². The molecule has 1 heterocycles. The van der Waals surface area contributed by atoms with Crippen LogP contribution in [0.4, 0.5) is 0 Å². The highest BCUT2D eigenvalue weighted by Gasteiger charge is 2.17. The van der Waals surface area contributed by atoms with E-state index in [-0.39, 0.29) is 29.2 Å². The molecular weight excluding hydrogens is 254 g/mol. The Hall–Kier alpha value is -1.56. The molecule has 0 aliphatic heterocycles. The van der Waals surface area contributed by atoms with Gasteiger partial charge < -0.3 is 15.2 Å². The fraction of sp³-hybridized carbons (Fsp3) is 0.500. The molecule has 1 aromatic heterocycles. The molecule has 0 saturated heterocycles. The van der Waals surface area contributed by atoms with E-state index in [0.717, 1.165) is 11.3 Å². The number of ether oxygens (including phenoxy) is 1. The van der Waals surface area contributed by atoms with E-state index in [4.69, 9.17) is 9.84 Å². The van der Waals surface area contributed by atoms with Crippen LogP contribution in [0.2, 0.25) is 0 Å². The molecule has 2 N–H and O–H groups in total. The van der Waals surface area contributed by atoms with Crippen LogP contribution in [0.25, 0.3) is 0 Å². The molecule has 1 rings (SSSR count). The summed E-state index contributed by atoms with van der Waals surface area (Å²) in [6.07, 6.45) is 0.743. The monoisotopic (exact) mass is 271 g/mol. The molecular formula is C12H17NO4S. The van der Waals surface area contributed by atoms with E-state index in [1.807, 2.05) is 20.8 Å². The first kappa shape index (κ1) is 14.5. The molecule has 6 heteroatoms. The van der Waals surface area contributed by atoms with Crippen molar-refractivity contribution in [3.63, 3.8) is 0 Å². The van der Waals surface area contributed by atoms with Crippen molar-refractivity contribution in [2.75, 3.05) is 6.61 Å². The number of carbonyl (C=O) groups excluding carboxylic acids is 1. The third kappa shape index (κ3) is 4.03. The summed E-state index contributed by atoms with van der Waals surface area (Å²) in [5.74, 6) is -1.02. The molecule has 1 amide bonds. The Balaban J connectivity index is 2.69. The molecule has 0 aliphatic rings. The van der Waals surface area contributed by atoms with Crippen molar-refractivity contribution in [2.45, 2.75) is 33.2 Å². The smallest absolute Gasteiger partial charge is 0.349 e. The van der Waals surface area contributed by atoms with E-state index in [1.165, 1.54) is 11.3 Å². The molecule has 0 atom stereocenters. The molecule has 0 aliphatic carbocycles. The number of carbonyl (C=O) groups is 2. The number of carboxylic acid groups (broad SMARTS) is 1. The highest BCUT2D eigenvalue weighted by atomic mass is 32.1. The first-order chi connectivity index (χ1) is 8.43. The van der Waals surface area contributed by atoms with E-state index >= 15 is 0 Å². The Labute approximate surface area is 110 Å². The molecule has 100 valence electrons. The summed E-state index contributed by atoms with van der Waals surface area (Å²) in [6.45, 7) is 5.46. The van der Waals surface area contributed by atoms with Gasteiger partial charge in [0.15, 0.2) is 11.5 Å². The van der Waals surface area contributed by atoms with Crippen molar-refractivity contribution in [1.29, 1.82) is 0 Å². The molecule has 0 unspecified atom stereocenters. The molecule has 0 bridgehead atoms. The molecule has 0 radical (unpaired) electrons. The number of aromatic carboxylic acids is 1. The predicted molar refractivity (Wildman–Crippen MR) is 69.4 cm³/mol. The normalized spacial score (nSPS) is 10.4. The van der Waals surface area contributed by atoms with Crippen molar-refractivity contribution < 1.29 is 19.4 Å². The lowest BCUT2D eigenvalue weighted by Crippen LogP contribution is -2.34. The van der Waals surface area contributed by atoms with Gasteiger partial charge >= 0.3 is 5.97 Å². The van der Waals surface area contributed by atoms with Crippen molar-refractivity contribution >= 4 is 23.2 Å². The van der Waals surface area contributed by atoms with Gasteiger partial charge in [0.25, 0.3) is 5.91 Å². The molecule has 1 aromatic rings. The minimum Gasteiger partial charge on any atom is -0.482 e. The molecule has 0 fully saturated rings. The number of carboxylic acids is 1. The minimum atomic E-state index is -1.03. The third-order valence-electron chi connectivity index (χ3n) is 2.10. The van der Waals surface area contributed by atoms with Crippen LogP contribution in [0.15, 0.2) is 6.07 Å². The second-order valence-corrected chi connectivity index (χ2v) is 5.21. The maximum atomic E-state index is 11.4. The van der Waals surface area contributed by atoms with Gasteiger partial charge in [-0.25, -0.2) is 4.79 Å². The number of hydrogen-bond donors (Lipinski definition) is 2. The SMILES string of the molecule is CCc1cc(OCC(=O)NC(C)C)c(C(=O)O)s1. The summed E-state index contributed by atoms with van der Waals surface area (Å²) >= 11 is 1.18. The standard InChI is InChI=1S/C12H17NO4S/c1-4-8-5-9(11(18-8)12(15)16)17-6-10(14)13-7(2)3/h5,7H,4,6H2,1-3H3,(H,13,14)(H,15,16). The van der Waals surface area contributed by atoms with Gasteiger partial charge in [-0.3, -0.25) is 4.79 Å². The number of rotatable bonds is 6. The number of hydrogen-bond acceptors (Lipinski definition) is 4. The fourth-order valence-electron chi connectivity index (χ4n) is 1.36. The van der Waals surface area contributed by atoms with E-state index in [2.05, 4.69) is 5.32 Å². The van der Waals surface area contributed by atoms with Crippen LogP contribution >= 0.6 is 11.3 Å². The van der Waals surface area contributed by atoms with Crippen LogP contribution in [-0.4, -0.2) is 29.6 Å². The highest BCUT2D eigenvalue weighted by Crippen LogP contribution is 2.29. The van der Waals surface area contributed by atoms with Gasteiger partial charge in [0.1, 0.15) is 5.75 Å². The lowest BCUT2D eigenvalue weighted by Gasteiger charge is -2.09. The molecule has 0 saturated carbocycles. The quantitative estimate of drug-likeness (QED) is 0.828. The largest absolute Gasteiger partial charge is 0.482 e. The zero-order valence-corrected chi connectivity index (χ0v) is 11.5. The Morgan fingerprint density at radius 3 is 2.67 bits per heavy atom. The second kappa shape index (κ2) is 6.39. The summed E-state index contributed by atoms with van der Waals surface area (Å²) in [7, 11) is 0. The Kier molecular flexibility index (Phi) is 5.15. The van der Waals surface area contributed by atoms with Gasteiger partial charge in [-0.15, -0.1) is 11.3 Å². The number of nitrogens with one attached hydrogen (secondary N) is 1. The fourth-order valence-corrected chi connectivity index (χ4v) is 2.24. The maximum absolute atomic E-state index is 11.4. The number of thiophene rings is 1. The van der Waals surface area contributed by atoms with Crippen molar-refractivity contribution in [1.82, 2.24) is 5.32 Å². The van der Waals surface area contributed by atoms with Gasteiger partial charge in [-0.1, -0.05) is 6.92 Å². The average molecular weight is 271 g/mol. The molecule has 18 heavy (non-hydrogen) atoms. The maximum Gasteiger partial charge on any atom is 0.349 e. The first-order valence-electron chi connectivity index (χ1n) is 5.72. The van der Waals surface area contributed by atoms with Crippen LogP contribution in [0, 0.1) is 0 Å². The van der Waals surface area contributed by atoms with E-state index in [1.54, 1.807) is 6.07 Å². The Morgan fingerprint density at radius 1 is 1.50 bits per heavy atom. The topological polar surface area (TPSA) is 75.6 Å². The average Bonchev–Trinajstić information content (AvgIpc) is 2.68. The third-order valence-corrected chi connectivity index (χ3v) is 3.35. The summed E-state index contributed by atoms with van der Waals surface area (Å²) < 4.78 is 5.26. The van der Waals surface area contributed by atoms with E-state index < -0.39 is 5.97 Å². The minimum absolute atomic E-state index is 0.0359. The Bertz CT molecular complexity index is 439. The zero-order chi connectivity index (χ0) is 13.7. The lowest BCUT2D eigenvalue weighted by molar-refractivity contribution is -0.123. The van der Waals surface area contributed by atoms with Crippen LogP contribution in [0.1, 0.15) is 35.3 Å². The summed E-state index contributed by atoms with van der Waals surface area (Å²) in [5, 5.41) is 11.7. The van der Waals surface area contributed by atoms with Crippen LogP contribution in [0.3, 0.4) is 0 Å². The first-order valence-corrected chi connectivity index (χ1v) is 6.53. The summed E-state index contributed by atoms with van der Waals surface area (Å²) in [6, 6.07) is 1.71. The van der Waals surface area contributed by atoms with Crippen molar-refractivity contribution in [2.24, 2.45) is 0 Å². The van der Waals surface area contributed by atoms with Gasteiger partial charge in [0, 0.05) is 10.9 Å². The zero-order valence-electron chi connectivity index (χ0n) is 10.6. The summed E-state index contributed by atoms with van der Waals surface area (Å²) in [4.78, 5) is 23.5. The predicted octanol–water partition coefficient (Wildman–Crippen LogP) is 1.91. The highest BCUT2D eigenvalue weighted by molar-refractivity contribution is 7.14. The van der Waals surface area contributed by atoms with Gasteiger partial charge in [0.05, 0.1) is 0 Å². The number of aryl methyl sites for hydroxylation is 1. The number of amides is 1. The van der Waals surface area contributed by atoms with E-state index in [9.17, 15) is 9.59 Å². The van der Waals surface area contributed by atoms with E-state index in [0.29, 0.717) is 0 Å². The van der Waals surface area contributed by atoms with Gasteiger partial charge in [-0.05, 0) is 26.3 Å². The van der Waals surface area contributed by atoms with Gasteiger partial charge in [-0.2, -0.15) is 0 Å². The molecule has 0 aromatic carbocycles. The van der Waals surface area contributed by atoms with Crippen LogP contribution in [-0.2, 0) is 11.2 Å². The second-order valence-electron chi connectivity index (χ2n) is 4.08. The van der Waals surface area contributed by atoms with Crippen molar-refractivity contribution in [3.8, 4) is 5.75 Å². The van der Waals surface area contributed by atoms with Crippen LogP contribution < -0.4 is 10.1 Å². The lowest BCUT2D eigenvalue weighted by atomic mass is 10.3. The van der Waals surface area contributed by atoms with Gasteiger partial charge in [0.2, 0.25) is 0 Å². The Morgan fingerprint density at radius 2 is 2.17 bits per heavy atom. The van der Waals surface area contributed by atoms with Crippen molar-refractivity contribution in [3.05, 3.63) is 15.8 Å². The molecule has 5 nitrogen and oxygen atoms in total.